The zero-order valence-electron chi connectivity index (χ0n) is 10.4. The number of aliphatic hydroxyl groups is 1. The summed E-state index contributed by atoms with van der Waals surface area (Å²) in [6.45, 7) is 0.0336. The predicted molar refractivity (Wildman–Crippen MR) is 69.0 cm³/mol. The van der Waals surface area contributed by atoms with Gasteiger partial charge in [-0.2, -0.15) is 0 Å². The van der Waals surface area contributed by atoms with Gasteiger partial charge < -0.3 is 24.8 Å². The number of hydrogen-bond acceptors (Lipinski definition) is 5. The van der Waals surface area contributed by atoms with Crippen molar-refractivity contribution in [1.29, 1.82) is 0 Å². The summed E-state index contributed by atoms with van der Waals surface area (Å²) in [5.74, 6) is 1.12. The van der Waals surface area contributed by atoms with Crippen molar-refractivity contribution in [3.63, 3.8) is 0 Å². The Bertz CT molecular complexity index is 711. The Balaban J connectivity index is 1.88. The van der Waals surface area contributed by atoms with Crippen LogP contribution in [0.1, 0.15) is 17.2 Å². The third-order valence-corrected chi connectivity index (χ3v) is 3.84. The highest BCUT2D eigenvalue weighted by molar-refractivity contribution is 5.53. The Morgan fingerprint density at radius 2 is 1.70 bits per heavy atom. The molecule has 0 fully saturated rings. The van der Waals surface area contributed by atoms with Gasteiger partial charge in [0, 0.05) is 23.3 Å². The first-order valence-corrected chi connectivity index (χ1v) is 6.26. The molecule has 2 aliphatic heterocycles. The van der Waals surface area contributed by atoms with E-state index in [1.807, 2.05) is 0 Å². The Morgan fingerprint density at radius 1 is 1.00 bits per heavy atom. The third kappa shape index (κ3) is 1.35. The van der Waals surface area contributed by atoms with E-state index in [4.69, 9.17) is 9.47 Å². The Labute approximate surface area is 114 Å². The van der Waals surface area contributed by atoms with E-state index in [-0.39, 0.29) is 18.1 Å². The van der Waals surface area contributed by atoms with Crippen molar-refractivity contribution < 1.29 is 24.8 Å². The van der Waals surface area contributed by atoms with E-state index < -0.39 is 11.7 Å². The summed E-state index contributed by atoms with van der Waals surface area (Å²) in [7, 11) is 0. The summed E-state index contributed by atoms with van der Waals surface area (Å²) in [5.41, 5.74) is -0.0150. The highest BCUT2D eigenvalue weighted by Crippen LogP contribution is 2.54. The summed E-state index contributed by atoms with van der Waals surface area (Å²) >= 11 is 0. The molecule has 5 nitrogen and oxygen atoms in total. The van der Waals surface area contributed by atoms with Crippen LogP contribution >= 0.6 is 0 Å². The maximum absolute atomic E-state index is 10.9. The quantitative estimate of drug-likeness (QED) is 0.681. The van der Waals surface area contributed by atoms with Gasteiger partial charge in [-0.3, -0.25) is 0 Å². The molecular formula is C15H12O5. The van der Waals surface area contributed by atoms with Crippen LogP contribution in [-0.2, 0) is 5.60 Å². The lowest BCUT2D eigenvalue weighted by molar-refractivity contribution is -0.0864. The van der Waals surface area contributed by atoms with Gasteiger partial charge in [0.15, 0.2) is 11.7 Å². The van der Waals surface area contributed by atoms with Crippen molar-refractivity contribution in [2.75, 3.05) is 6.61 Å². The van der Waals surface area contributed by atoms with Crippen LogP contribution < -0.4 is 9.47 Å². The number of phenolic OH excluding ortho intramolecular Hbond substituents is 2. The molecule has 2 aliphatic rings. The van der Waals surface area contributed by atoms with Gasteiger partial charge in [-0.05, 0) is 24.3 Å². The number of phenols is 2. The van der Waals surface area contributed by atoms with Crippen molar-refractivity contribution in [2.24, 2.45) is 0 Å². The molecule has 102 valence electrons. The summed E-state index contributed by atoms with van der Waals surface area (Å²) in [5, 5.41) is 29.9. The van der Waals surface area contributed by atoms with Gasteiger partial charge >= 0.3 is 0 Å². The van der Waals surface area contributed by atoms with Gasteiger partial charge in [0.1, 0.15) is 29.6 Å². The fourth-order valence-corrected chi connectivity index (χ4v) is 2.86. The molecule has 0 saturated carbocycles. The maximum atomic E-state index is 10.9. The van der Waals surface area contributed by atoms with Crippen LogP contribution in [-0.4, -0.2) is 21.9 Å². The maximum Gasteiger partial charge on any atom is 0.168 e. The second-order valence-corrected chi connectivity index (χ2v) is 5.11. The van der Waals surface area contributed by atoms with Crippen LogP contribution in [0.15, 0.2) is 36.4 Å². The van der Waals surface area contributed by atoms with Crippen molar-refractivity contribution in [1.82, 2.24) is 0 Å². The molecule has 2 heterocycles. The van der Waals surface area contributed by atoms with Crippen LogP contribution in [0.2, 0.25) is 0 Å². The van der Waals surface area contributed by atoms with Crippen LogP contribution in [0.5, 0.6) is 23.0 Å². The standard InChI is InChI=1S/C15H12O5/c16-8-1-3-10-12(5-8)19-7-15(18)11-4-2-9(17)6-13(11)20-14(10)15/h1-6,14,16-18H,7H2/t14?,15-/m0/s1. The zero-order valence-corrected chi connectivity index (χ0v) is 10.4. The minimum Gasteiger partial charge on any atom is -0.508 e. The first-order valence-electron chi connectivity index (χ1n) is 6.26. The molecule has 2 atom stereocenters. The molecule has 4 rings (SSSR count). The van der Waals surface area contributed by atoms with Crippen molar-refractivity contribution >= 4 is 0 Å². The number of hydrogen-bond donors (Lipinski definition) is 3. The van der Waals surface area contributed by atoms with Gasteiger partial charge in [0.2, 0.25) is 0 Å². The minimum absolute atomic E-state index is 0.0336. The lowest BCUT2D eigenvalue weighted by Gasteiger charge is -2.34. The van der Waals surface area contributed by atoms with E-state index in [9.17, 15) is 15.3 Å². The molecule has 20 heavy (non-hydrogen) atoms. The lowest BCUT2D eigenvalue weighted by atomic mass is 9.85. The summed E-state index contributed by atoms with van der Waals surface area (Å²) < 4.78 is 11.3. The van der Waals surface area contributed by atoms with Gasteiger partial charge in [0.25, 0.3) is 0 Å². The largest absolute Gasteiger partial charge is 0.508 e. The smallest absolute Gasteiger partial charge is 0.168 e. The fraction of sp³-hybridized carbons (Fsp3) is 0.200. The predicted octanol–water partition coefficient (Wildman–Crippen LogP) is 1.81. The average Bonchev–Trinajstić information content (AvgIpc) is 2.71. The van der Waals surface area contributed by atoms with E-state index in [1.54, 1.807) is 12.1 Å². The lowest BCUT2D eigenvalue weighted by Crippen LogP contribution is -2.41. The summed E-state index contributed by atoms with van der Waals surface area (Å²) in [4.78, 5) is 0. The number of fused-ring (bicyclic) bond motifs is 5. The molecular weight excluding hydrogens is 260 g/mol. The first kappa shape index (κ1) is 11.4. The summed E-state index contributed by atoms with van der Waals surface area (Å²) in [6, 6.07) is 9.32. The molecule has 2 aromatic rings. The van der Waals surface area contributed by atoms with Crippen LogP contribution in [0, 0.1) is 0 Å². The van der Waals surface area contributed by atoms with Gasteiger partial charge in [-0.1, -0.05) is 0 Å². The fourth-order valence-electron chi connectivity index (χ4n) is 2.86. The zero-order chi connectivity index (χ0) is 13.9. The Hall–Kier alpha value is -2.40. The number of benzene rings is 2. The van der Waals surface area contributed by atoms with Crippen molar-refractivity contribution in [3.8, 4) is 23.0 Å². The molecule has 3 N–H and O–H groups in total. The van der Waals surface area contributed by atoms with E-state index in [0.717, 1.165) is 0 Å². The summed E-state index contributed by atoms with van der Waals surface area (Å²) in [6.07, 6.45) is -0.608. The molecule has 2 aromatic carbocycles. The topological polar surface area (TPSA) is 79.2 Å². The molecule has 0 spiro atoms. The average molecular weight is 272 g/mol. The van der Waals surface area contributed by atoms with Crippen molar-refractivity contribution in [2.45, 2.75) is 11.7 Å². The molecule has 5 heteroatoms. The van der Waals surface area contributed by atoms with E-state index >= 15 is 0 Å². The van der Waals surface area contributed by atoms with Crippen LogP contribution in [0.3, 0.4) is 0 Å². The normalized spacial score (nSPS) is 25.9. The Kier molecular flexibility index (Phi) is 2.04. The molecule has 0 bridgehead atoms. The van der Waals surface area contributed by atoms with Crippen molar-refractivity contribution in [3.05, 3.63) is 47.5 Å². The van der Waals surface area contributed by atoms with Gasteiger partial charge in [-0.25, -0.2) is 0 Å². The first-order chi connectivity index (χ1) is 9.58. The van der Waals surface area contributed by atoms with Gasteiger partial charge in [0.05, 0.1) is 0 Å². The molecule has 0 aromatic heterocycles. The molecule has 0 saturated heterocycles. The molecule has 0 aliphatic carbocycles. The van der Waals surface area contributed by atoms with Gasteiger partial charge in [-0.15, -0.1) is 0 Å². The number of ether oxygens (including phenoxy) is 2. The van der Waals surface area contributed by atoms with E-state index in [2.05, 4.69) is 0 Å². The number of aromatic hydroxyl groups is 2. The molecule has 0 radical (unpaired) electrons. The second-order valence-electron chi connectivity index (χ2n) is 5.11. The Morgan fingerprint density at radius 3 is 2.50 bits per heavy atom. The highest BCUT2D eigenvalue weighted by Gasteiger charge is 2.52. The molecule has 1 unspecified atom stereocenters. The molecule has 0 amide bonds. The minimum atomic E-state index is -1.28. The third-order valence-electron chi connectivity index (χ3n) is 3.84. The highest BCUT2D eigenvalue weighted by atomic mass is 16.5. The second kappa shape index (κ2) is 3.58. The SMILES string of the molecule is Oc1ccc2c(c1)OC[C@]1(O)c3ccc(O)cc3OC21. The monoisotopic (exact) mass is 272 g/mol. The van der Waals surface area contributed by atoms with E-state index in [1.165, 1.54) is 24.3 Å². The number of rotatable bonds is 0. The van der Waals surface area contributed by atoms with E-state index in [0.29, 0.717) is 22.6 Å². The van der Waals surface area contributed by atoms with Crippen LogP contribution in [0.4, 0.5) is 0 Å². The van der Waals surface area contributed by atoms with Crippen LogP contribution in [0.25, 0.3) is 0 Å².